The molecule has 0 radical (unpaired) electrons. The highest BCUT2D eigenvalue weighted by molar-refractivity contribution is 6.36. The molecule has 1 aliphatic rings. The second kappa shape index (κ2) is 5.23. The summed E-state index contributed by atoms with van der Waals surface area (Å²) < 4.78 is 0. The molecular formula is C17H14Cl2O. The number of ketones is 1. The minimum Gasteiger partial charge on any atom is -0.294 e. The van der Waals surface area contributed by atoms with Crippen molar-refractivity contribution in [2.45, 2.75) is 19.8 Å². The van der Waals surface area contributed by atoms with Gasteiger partial charge in [-0.05, 0) is 36.1 Å². The van der Waals surface area contributed by atoms with E-state index in [9.17, 15) is 4.79 Å². The number of fused-ring (bicyclic) bond motifs is 1. The summed E-state index contributed by atoms with van der Waals surface area (Å²) in [4.78, 5) is 12.5. The Morgan fingerprint density at radius 1 is 1.15 bits per heavy atom. The highest BCUT2D eigenvalue weighted by atomic mass is 35.5. The molecule has 0 amide bonds. The zero-order valence-electron chi connectivity index (χ0n) is 11.1. The van der Waals surface area contributed by atoms with Gasteiger partial charge in [-0.2, -0.15) is 0 Å². The van der Waals surface area contributed by atoms with Crippen LogP contribution >= 0.6 is 23.2 Å². The summed E-state index contributed by atoms with van der Waals surface area (Å²) in [5, 5.41) is 1.18. The summed E-state index contributed by atoms with van der Waals surface area (Å²) in [5.41, 5.74) is 3.76. The predicted octanol–water partition coefficient (Wildman–Crippen LogP) is 5.43. The average Bonchev–Trinajstić information content (AvgIpc) is 2.76. The van der Waals surface area contributed by atoms with E-state index >= 15 is 0 Å². The lowest BCUT2D eigenvalue weighted by atomic mass is 9.95. The molecule has 2 aromatic rings. The van der Waals surface area contributed by atoms with Gasteiger partial charge < -0.3 is 0 Å². The highest BCUT2D eigenvalue weighted by Gasteiger charge is 2.31. The number of Topliss-reactive ketones (excluding diaryl/α,β-unsaturated/α-hetero) is 1. The fourth-order valence-electron chi connectivity index (χ4n) is 2.89. The Morgan fingerprint density at radius 3 is 2.65 bits per heavy atom. The van der Waals surface area contributed by atoms with Crippen molar-refractivity contribution in [3.8, 4) is 11.1 Å². The summed E-state index contributed by atoms with van der Waals surface area (Å²) >= 11 is 12.2. The quantitative estimate of drug-likeness (QED) is 0.723. The van der Waals surface area contributed by atoms with E-state index in [4.69, 9.17) is 23.2 Å². The zero-order valence-corrected chi connectivity index (χ0v) is 12.6. The number of carbonyl (C=O) groups excluding carboxylic acids is 1. The molecular weight excluding hydrogens is 291 g/mol. The van der Waals surface area contributed by atoms with E-state index in [1.165, 1.54) is 0 Å². The van der Waals surface area contributed by atoms with Crippen LogP contribution in [0.4, 0.5) is 0 Å². The van der Waals surface area contributed by atoms with Gasteiger partial charge in [-0.15, -0.1) is 0 Å². The van der Waals surface area contributed by atoms with Gasteiger partial charge in [0, 0.05) is 27.1 Å². The maximum atomic E-state index is 12.5. The number of benzene rings is 2. The summed E-state index contributed by atoms with van der Waals surface area (Å²) in [6.07, 6.45) is 1.71. The van der Waals surface area contributed by atoms with Crippen LogP contribution in [0.1, 0.15) is 29.3 Å². The topological polar surface area (TPSA) is 17.1 Å². The first-order valence-electron chi connectivity index (χ1n) is 6.73. The SMILES string of the molecule is CCC1Cc2cccc(-c3ccc(Cl)cc3Cl)c2C1=O. The van der Waals surface area contributed by atoms with Crippen molar-refractivity contribution in [1.29, 1.82) is 0 Å². The smallest absolute Gasteiger partial charge is 0.167 e. The Labute approximate surface area is 128 Å². The van der Waals surface area contributed by atoms with Gasteiger partial charge in [0.05, 0.1) is 0 Å². The third-order valence-electron chi connectivity index (χ3n) is 3.95. The standard InChI is InChI=1S/C17H14Cl2O/c1-2-10-8-11-4-3-5-14(16(11)17(10)20)13-7-6-12(18)9-15(13)19/h3-7,9-10H,2,8H2,1H3. The van der Waals surface area contributed by atoms with Crippen molar-refractivity contribution >= 4 is 29.0 Å². The van der Waals surface area contributed by atoms with Crippen LogP contribution in [0, 0.1) is 5.92 Å². The maximum absolute atomic E-state index is 12.5. The molecule has 0 heterocycles. The molecule has 0 bridgehead atoms. The molecule has 1 nitrogen and oxygen atoms in total. The van der Waals surface area contributed by atoms with Gasteiger partial charge in [0.2, 0.25) is 0 Å². The molecule has 0 fully saturated rings. The molecule has 1 aliphatic carbocycles. The normalized spacial score (nSPS) is 17.4. The average molecular weight is 305 g/mol. The zero-order chi connectivity index (χ0) is 14.3. The van der Waals surface area contributed by atoms with Crippen molar-refractivity contribution < 1.29 is 4.79 Å². The third kappa shape index (κ3) is 2.15. The molecule has 1 unspecified atom stereocenters. The molecule has 0 N–H and O–H groups in total. The van der Waals surface area contributed by atoms with Gasteiger partial charge in [0.25, 0.3) is 0 Å². The molecule has 0 aromatic heterocycles. The van der Waals surface area contributed by atoms with E-state index in [1.807, 2.05) is 24.3 Å². The molecule has 20 heavy (non-hydrogen) atoms. The van der Waals surface area contributed by atoms with Crippen molar-refractivity contribution in [2.75, 3.05) is 0 Å². The summed E-state index contributed by atoms with van der Waals surface area (Å²) in [5.74, 6) is 0.348. The molecule has 102 valence electrons. The van der Waals surface area contributed by atoms with Crippen LogP contribution in [0.5, 0.6) is 0 Å². The summed E-state index contributed by atoms with van der Waals surface area (Å²) in [6, 6.07) is 11.4. The third-order valence-corrected chi connectivity index (χ3v) is 4.50. The van der Waals surface area contributed by atoms with Crippen molar-refractivity contribution in [3.05, 3.63) is 57.6 Å². The molecule has 3 heteroatoms. The second-order valence-electron chi connectivity index (χ2n) is 5.14. The monoisotopic (exact) mass is 304 g/mol. The first-order valence-corrected chi connectivity index (χ1v) is 7.49. The highest BCUT2D eigenvalue weighted by Crippen LogP contribution is 2.39. The van der Waals surface area contributed by atoms with Crippen LogP contribution in [0.25, 0.3) is 11.1 Å². The Hall–Kier alpha value is -1.31. The van der Waals surface area contributed by atoms with E-state index < -0.39 is 0 Å². The lowest BCUT2D eigenvalue weighted by Gasteiger charge is -2.10. The first kappa shape index (κ1) is 13.7. The van der Waals surface area contributed by atoms with Crippen LogP contribution in [0.3, 0.4) is 0 Å². The largest absolute Gasteiger partial charge is 0.294 e. The van der Waals surface area contributed by atoms with Gasteiger partial charge in [-0.3, -0.25) is 4.79 Å². The second-order valence-corrected chi connectivity index (χ2v) is 5.98. The number of carbonyl (C=O) groups is 1. The Kier molecular flexibility index (Phi) is 3.57. The number of hydrogen-bond donors (Lipinski definition) is 0. The number of hydrogen-bond acceptors (Lipinski definition) is 1. The molecule has 0 saturated carbocycles. The maximum Gasteiger partial charge on any atom is 0.167 e. The molecule has 0 spiro atoms. The minimum atomic E-state index is 0.109. The lowest BCUT2D eigenvalue weighted by molar-refractivity contribution is 0.0934. The first-order chi connectivity index (χ1) is 9.61. The van der Waals surface area contributed by atoms with Crippen LogP contribution in [-0.4, -0.2) is 5.78 Å². The van der Waals surface area contributed by atoms with Gasteiger partial charge in [-0.25, -0.2) is 0 Å². The van der Waals surface area contributed by atoms with Crippen LogP contribution < -0.4 is 0 Å². The Bertz CT molecular complexity index is 691. The fraction of sp³-hybridized carbons (Fsp3) is 0.235. The Balaban J connectivity index is 2.18. The molecule has 0 saturated heterocycles. The van der Waals surface area contributed by atoms with E-state index in [1.54, 1.807) is 12.1 Å². The minimum absolute atomic E-state index is 0.109. The number of halogens is 2. The molecule has 2 aromatic carbocycles. The van der Waals surface area contributed by atoms with E-state index in [2.05, 4.69) is 6.92 Å². The van der Waals surface area contributed by atoms with Gasteiger partial charge >= 0.3 is 0 Å². The van der Waals surface area contributed by atoms with Gasteiger partial charge in [0.15, 0.2) is 5.78 Å². The van der Waals surface area contributed by atoms with E-state index in [-0.39, 0.29) is 11.7 Å². The van der Waals surface area contributed by atoms with Gasteiger partial charge in [0.1, 0.15) is 0 Å². The molecule has 0 aliphatic heterocycles. The van der Waals surface area contributed by atoms with E-state index in [0.29, 0.717) is 10.0 Å². The van der Waals surface area contributed by atoms with Crippen LogP contribution in [0.15, 0.2) is 36.4 Å². The van der Waals surface area contributed by atoms with Crippen LogP contribution in [0.2, 0.25) is 10.0 Å². The summed E-state index contributed by atoms with van der Waals surface area (Å²) in [7, 11) is 0. The fourth-order valence-corrected chi connectivity index (χ4v) is 3.40. The van der Waals surface area contributed by atoms with Crippen molar-refractivity contribution in [2.24, 2.45) is 5.92 Å². The van der Waals surface area contributed by atoms with Gasteiger partial charge in [-0.1, -0.05) is 54.4 Å². The van der Waals surface area contributed by atoms with Crippen LogP contribution in [-0.2, 0) is 6.42 Å². The number of rotatable bonds is 2. The van der Waals surface area contributed by atoms with Crippen molar-refractivity contribution in [3.63, 3.8) is 0 Å². The summed E-state index contributed by atoms with van der Waals surface area (Å²) in [6.45, 7) is 2.06. The van der Waals surface area contributed by atoms with Crippen molar-refractivity contribution in [1.82, 2.24) is 0 Å². The molecule has 3 rings (SSSR count). The van der Waals surface area contributed by atoms with E-state index in [0.717, 1.165) is 35.1 Å². The Morgan fingerprint density at radius 2 is 1.95 bits per heavy atom. The lowest BCUT2D eigenvalue weighted by Crippen LogP contribution is -2.07. The predicted molar refractivity (Wildman–Crippen MR) is 83.7 cm³/mol. The molecule has 1 atom stereocenters.